The molecule has 1 aromatic carbocycles. The Morgan fingerprint density at radius 2 is 1.85 bits per heavy atom. The average molecular weight is 387 g/mol. The Labute approximate surface area is 162 Å². The molecule has 0 N–H and O–H groups in total. The Morgan fingerprint density at radius 3 is 2.52 bits per heavy atom. The van der Waals surface area contributed by atoms with Gasteiger partial charge in [-0.25, -0.2) is 9.37 Å². The lowest BCUT2D eigenvalue weighted by Crippen LogP contribution is -2.49. The van der Waals surface area contributed by atoms with E-state index in [2.05, 4.69) is 9.88 Å². The number of anilines is 1. The van der Waals surface area contributed by atoms with Gasteiger partial charge in [0.15, 0.2) is 0 Å². The number of pyridine rings is 1. The number of benzene rings is 1. The highest BCUT2D eigenvalue weighted by molar-refractivity contribution is 6.30. The van der Waals surface area contributed by atoms with E-state index in [9.17, 15) is 9.18 Å². The van der Waals surface area contributed by atoms with Crippen LogP contribution in [-0.4, -0.2) is 46.4 Å². The van der Waals surface area contributed by atoms with Crippen LogP contribution >= 0.6 is 11.6 Å². The van der Waals surface area contributed by atoms with Crippen molar-refractivity contribution in [1.29, 1.82) is 0 Å². The van der Waals surface area contributed by atoms with E-state index < -0.39 is 0 Å². The zero-order valence-corrected chi connectivity index (χ0v) is 15.8. The van der Waals surface area contributed by atoms with Gasteiger partial charge in [0.2, 0.25) is 0 Å². The van der Waals surface area contributed by atoms with Gasteiger partial charge < -0.3 is 9.80 Å². The maximum atomic E-state index is 13.2. The molecule has 1 saturated heterocycles. The number of amides is 1. The fourth-order valence-corrected chi connectivity index (χ4v) is 3.66. The van der Waals surface area contributed by atoms with Crippen LogP contribution in [0, 0.1) is 5.82 Å². The maximum absolute atomic E-state index is 13.2. The number of imidazole rings is 1. The zero-order valence-electron chi connectivity index (χ0n) is 15.0. The molecule has 0 aliphatic carbocycles. The van der Waals surface area contributed by atoms with Gasteiger partial charge >= 0.3 is 0 Å². The van der Waals surface area contributed by atoms with Gasteiger partial charge in [0.05, 0.1) is 5.69 Å². The monoisotopic (exact) mass is 386 g/mol. The van der Waals surface area contributed by atoms with Gasteiger partial charge in [0.1, 0.15) is 17.2 Å². The number of halogens is 2. The third-order valence-corrected chi connectivity index (χ3v) is 5.19. The lowest BCUT2D eigenvalue weighted by Gasteiger charge is -2.36. The van der Waals surface area contributed by atoms with Gasteiger partial charge in [-0.3, -0.25) is 9.20 Å². The van der Waals surface area contributed by atoms with Crippen LogP contribution in [0.5, 0.6) is 0 Å². The molecule has 7 heteroatoms. The highest BCUT2D eigenvalue weighted by Crippen LogP contribution is 2.21. The summed E-state index contributed by atoms with van der Waals surface area (Å²) in [5.74, 6) is -0.257. The molecule has 1 fully saturated rings. The first-order valence-corrected chi connectivity index (χ1v) is 9.41. The number of piperazine rings is 1. The van der Waals surface area contributed by atoms with E-state index in [-0.39, 0.29) is 11.7 Å². The lowest BCUT2D eigenvalue weighted by atomic mass is 10.2. The standard InChI is InChI=1S/C20H20ClFN4O/c1-2-17-19(26-8-7-14(21)13-18(26)23-17)20(27)25-11-9-24(10-12-25)16-5-3-15(22)4-6-16/h3-8,13H,2,9-12H2,1H3. The van der Waals surface area contributed by atoms with Gasteiger partial charge in [0, 0.05) is 49.2 Å². The van der Waals surface area contributed by atoms with E-state index in [1.54, 1.807) is 30.5 Å². The quantitative estimate of drug-likeness (QED) is 0.690. The van der Waals surface area contributed by atoms with Crippen molar-refractivity contribution in [3.63, 3.8) is 0 Å². The molecule has 0 bridgehead atoms. The molecule has 0 atom stereocenters. The predicted octanol–water partition coefficient (Wildman–Crippen LogP) is 3.65. The van der Waals surface area contributed by atoms with E-state index in [1.165, 1.54) is 12.1 Å². The van der Waals surface area contributed by atoms with E-state index >= 15 is 0 Å². The third kappa shape index (κ3) is 3.37. The Hall–Kier alpha value is -2.60. The summed E-state index contributed by atoms with van der Waals surface area (Å²) in [5, 5.41) is 0.599. The van der Waals surface area contributed by atoms with Gasteiger partial charge in [-0.2, -0.15) is 0 Å². The SMILES string of the molecule is CCc1nc2cc(Cl)ccn2c1C(=O)N1CCN(c2ccc(F)cc2)CC1. The van der Waals surface area contributed by atoms with Gasteiger partial charge in [0.25, 0.3) is 5.91 Å². The average Bonchev–Trinajstić information content (AvgIpc) is 3.05. The minimum atomic E-state index is -0.243. The Bertz CT molecular complexity index is 978. The molecule has 1 aliphatic rings. The molecule has 1 amide bonds. The molecule has 3 aromatic rings. The number of carbonyl (C=O) groups is 1. The van der Waals surface area contributed by atoms with Crippen molar-refractivity contribution in [3.8, 4) is 0 Å². The number of rotatable bonds is 3. The smallest absolute Gasteiger partial charge is 0.272 e. The summed E-state index contributed by atoms with van der Waals surface area (Å²) in [6.45, 7) is 4.63. The summed E-state index contributed by atoms with van der Waals surface area (Å²) in [6.07, 6.45) is 2.47. The van der Waals surface area contributed by atoms with Crippen LogP contribution < -0.4 is 4.90 Å². The topological polar surface area (TPSA) is 40.9 Å². The van der Waals surface area contributed by atoms with E-state index in [0.29, 0.717) is 49.0 Å². The van der Waals surface area contributed by atoms with Crippen molar-refractivity contribution in [1.82, 2.24) is 14.3 Å². The molecule has 3 heterocycles. The third-order valence-electron chi connectivity index (χ3n) is 4.96. The van der Waals surface area contributed by atoms with Crippen LogP contribution in [0.3, 0.4) is 0 Å². The van der Waals surface area contributed by atoms with E-state index in [1.807, 2.05) is 16.2 Å². The number of fused-ring (bicyclic) bond motifs is 1. The second-order valence-corrected chi connectivity index (χ2v) is 7.03. The lowest BCUT2D eigenvalue weighted by molar-refractivity contribution is 0.0738. The molecule has 2 aromatic heterocycles. The Morgan fingerprint density at radius 1 is 1.15 bits per heavy atom. The maximum Gasteiger partial charge on any atom is 0.272 e. The Kier molecular flexibility index (Phi) is 4.74. The summed E-state index contributed by atoms with van der Waals surface area (Å²) in [6, 6.07) is 10.0. The van der Waals surface area contributed by atoms with Crippen LogP contribution in [0.25, 0.3) is 5.65 Å². The number of nitrogens with zero attached hydrogens (tertiary/aromatic N) is 4. The first-order chi connectivity index (χ1) is 13.1. The number of hydrogen-bond acceptors (Lipinski definition) is 3. The summed E-state index contributed by atoms with van der Waals surface area (Å²) in [5.41, 5.74) is 3.05. The number of hydrogen-bond donors (Lipinski definition) is 0. The Balaban J connectivity index is 1.54. The molecule has 0 spiro atoms. The summed E-state index contributed by atoms with van der Waals surface area (Å²) >= 11 is 6.06. The molecule has 1 aliphatic heterocycles. The van der Waals surface area contributed by atoms with Crippen molar-refractivity contribution >= 4 is 28.8 Å². The summed E-state index contributed by atoms with van der Waals surface area (Å²) in [7, 11) is 0. The minimum absolute atomic E-state index is 0.0135. The van der Waals surface area contributed by atoms with Crippen LogP contribution in [0.4, 0.5) is 10.1 Å². The molecule has 140 valence electrons. The summed E-state index contributed by atoms with van der Waals surface area (Å²) < 4.78 is 14.9. The predicted molar refractivity (Wildman–Crippen MR) is 104 cm³/mol. The fourth-order valence-electron chi connectivity index (χ4n) is 3.51. The van der Waals surface area contributed by atoms with E-state index in [4.69, 9.17) is 11.6 Å². The van der Waals surface area contributed by atoms with Crippen molar-refractivity contribution in [2.75, 3.05) is 31.1 Å². The molecule has 5 nitrogen and oxygen atoms in total. The van der Waals surface area contributed by atoms with Crippen LogP contribution in [0.2, 0.25) is 5.02 Å². The van der Waals surface area contributed by atoms with Crippen molar-refractivity contribution < 1.29 is 9.18 Å². The second-order valence-electron chi connectivity index (χ2n) is 6.59. The van der Waals surface area contributed by atoms with Crippen LogP contribution in [-0.2, 0) is 6.42 Å². The van der Waals surface area contributed by atoms with Crippen molar-refractivity contribution in [3.05, 3.63) is 64.8 Å². The fraction of sp³-hybridized carbons (Fsp3) is 0.300. The largest absolute Gasteiger partial charge is 0.368 e. The highest BCUT2D eigenvalue weighted by atomic mass is 35.5. The minimum Gasteiger partial charge on any atom is -0.368 e. The highest BCUT2D eigenvalue weighted by Gasteiger charge is 2.27. The molecular formula is C20H20ClFN4O. The first kappa shape index (κ1) is 17.8. The number of aryl methyl sites for hydroxylation is 1. The van der Waals surface area contributed by atoms with Crippen molar-refractivity contribution in [2.24, 2.45) is 0 Å². The van der Waals surface area contributed by atoms with Gasteiger partial charge in [-0.15, -0.1) is 0 Å². The van der Waals surface area contributed by atoms with Crippen LogP contribution in [0.15, 0.2) is 42.6 Å². The van der Waals surface area contributed by atoms with E-state index in [0.717, 1.165) is 11.4 Å². The van der Waals surface area contributed by atoms with Gasteiger partial charge in [-0.1, -0.05) is 18.5 Å². The zero-order chi connectivity index (χ0) is 19.0. The molecule has 0 saturated carbocycles. The van der Waals surface area contributed by atoms with Crippen molar-refractivity contribution in [2.45, 2.75) is 13.3 Å². The normalized spacial score (nSPS) is 14.8. The molecular weight excluding hydrogens is 367 g/mol. The van der Waals surface area contributed by atoms with Crippen LogP contribution in [0.1, 0.15) is 23.1 Å². The summed E-state index contributed by atoms with van der Waals surface area (Å²) in [4.78, 5) is 21.8. The molecule has 4 rings (SSSR count). The molecule has 0 radical (unpaired) electrons. The second kappa shape index (κ2) is 7.19. The van der Waals surface area contributed by atoms with Gasteiger partial charge in [-0.05, 0) is 36.8 Å². The number of aromatic nitrogens is 2. The molecule has 27 heavy (non-hydrogen) atoms. The molecule has 0 unspecified atom stereocenters. The number of carbonyl (C=O) groups excluding carboxylic acids is 1. The first-order valence-electron chi connectivity index (χ1n) is 9.03.